The first-order valence-electron chi connectivity index (χ1n) is 5.58. The van der Waals surface area contributed by atoms with Crippen molar-refractivity contribution in [3.63, 3.8) is 0 Å². The molecule has 0 spiro atoms. The van der Waals surface area contributed by atoms with Crippen molar-refractivity contribution in [1.29, 1.82) is 0 Å². The summed E-state index contributed by atoms with van der Waals surface area (Å²) in [5.74, 6) is 1.77. The fourth-order valence-electron chi connectivity index (χ4n) is 1.81. The second kappa shape index (κ2) is 5.28. The number of nitrogens with one attached hydrogen (secondary N) is 1. The lowest BCUT2D eigenvalue weighted by atomic mass is 10.2. The van der Waals surface area contributed by atoms with Crippen LogP contribution in [0.3, 0.4) is 0 Å². The van der Waals surface area contributed by atoms with E-state index in [0.717, 1.165) is 50.5 Å². The molecule has 1 saturated heterocycles. The Bertz CT molecular complexity index is 293. The van der Waals surface area contributed by atoms with E-state index in [1.54, 1.807) is 0 Å². The zero-order chi connectivity index (χ0) is 10.5. The van der Waals surface area contributed by atoms with Gasteiger partial charge < -0.3 is 14.5 Å². The van der Waals surface area contributed by atoms with Crippen molar-refractivity contribution in [2.24, 2.45) is 0 Å². The van der Waals surface area contributed by atoms with Crippen LogP contribution in [-0.4, -0.2) is 31.3 Å². The van der Waals surface area contributed by atoms with Crippen LogP contribution in [0.25, 0.3) is 0 Å². The topological polar surface area (TPSA) is 47.3 Å². The highest BCUT2D eigenvalue weighted by Crippen LogP contribution is 2.17. The summed E-state index contributed by atoms with van der Waals surface area (Å²) in [6.45, 7) is 1.81. The first-order valence-corrected chi connectivity index (χ1v) is 5.58. The molecule has 4 nitrogen and oxygen atoms in total. The number of likely N-dealkylation sites (N-methyl/N-ethyl adjacent to an activating group) is 1. The van der Waals surface area contributed by atoms with Crippen molar-refractivity contribution in [2.75, 3.05) is 20.2 Å². The van der Waals surface area contributed by atoms with Gasteiger partial charge in [0.25, 0.3) is 0 Å². The first kappa shape index (κ1) is 10.6. The molecule has 1 aromatic rings. The number of hydrogen-bond donors (Lipinski definition) is 1. The third-order valence-corrected chi connectivity index (χ3v) is 2.65. The Morgan fingerprint density at radius 1 is 1.60 bits per heavy atom. The minimum absolute atomic E-state index is 0.320. The van der Waals surface area contributed by atoms with Gasteiger partial charge in [0, 0.05) is 19.6 Å². The van der Waals surface area contributed by atoms with E-state index in [4.69, 9.17) is 9.15 Å². The summed E-state index contributed by atoms with van der Waals surface area (Å²) >= 11 is 0. The Kier molecular flexibility index (Phi) is 3.75. The molecular formula is C11H18N2O2. The van der Waals surface area contributed by atoms with Crippen LogP contribution in [0.15, 0.2) is 10.6 Å². The third-order valence-electron chi connectivity index (χ3n) is 2.65. The van der Waals surface area contributed by atoms with Crippen molar-refractivity contribution in [1.82, 2.24) is 10.3 Å². The number of hydrogen-bond acceptors (Lipinski definition) is 4. The second-order valence-electron chi connectivity index (χ2n) is 3.91. The lowest BCUT2D eigenvalue weighted by molar-refractivity contribution is 0.105. The van der Waals surface area contributed by atoms with E-state index in [9.17, 15) is 0 Å². The molecule has 1 aromatic heterocycles. The molecule has 1 aliphatic rings. The van der Waals surface area contributed by atoms with Crippen LogP contribution in [0, 0.1) is 0 Å². The van der Waals surface area contributed by atoms with Gasteiger partial charge >= 0.3 is 0 Å². The van der Waals surface area contributed by atoms with E-state index < -0.39 is 0 Å². The largest absolute Gasteiger partial charge is 0.446 e. The molecule has 1 unspecified atom stereocenters. The molecule has 1 N–H and O–H groups in total. The highest BCUT2D eigenvalue weighted by molar-refractivity contribution is 4.96. The first-order chi connectivity index (χ1) is 7.38. The molecule has 1 aliphatic heterocycles. The average Bonchev–Trinajstić information content (AvgIpc) is 2.87. The smallest absolute Gasteiger partial charge is 0.196 e. The van der Waals surface area contributed by atoms with Gasteiger partial charge in [0.15, 0.2) is 5.89 Å². The molecule has 0 amide bonds. The zero-order valence-corrected chi connectivity index (χ0v) is 9.16. The summed E-state index contributed by atoms with van der Waals surface area (Å²) in [6.07, 6.45) is 6.16. The number of nitrogens with zero attached hydrogens (tertiary/aromatic N) is 1. The lowest BCUT2D eigenvalue weighted by Gasteiger charge is -2.04. The summed E-state index contributed by atoms with van der Waals surface area (Å²) in [5.41, 5.74) is 0. The van der Waals surface area contributed by atoms with Gasteiger partial charge in [-0.1, -0.05) is 0 Å². The molecule has 2 rings (SSSR count). The summed E-state index contributed by atoms with van der Waals surface area (Å²) < 4.78 is 11.2. The molecule has 2 heterocycles. The van der Waals surface area contributed by atoms with E-state index in [0.29, 0.717) is 6.10 Å². The van der Waals surface area contributed by atoms with Gasteiger partial charge in [0.05, 0.1) is 18.7 Å². The monoisotopic (exact) mass is 210 g/mol. The molecule has 0 radical (unpaired) electrons. The zero-order valence-electron chi connectivity index (χ0n) is 9.16. The molecule has 1 fully saturated rings. The number of ether oxygens (including phenoxy) is 1. The molecule has 0 bridgehead atoms. The summed E-state index contributed by atoms with van der Waals surface area (Å²) in [5, 5.41) is 3.09. The predicted molar refractivity (Wildman–Crippen MR) is 56.8 cm³/mol. The molecule has 0 aliphatic carbocycles. The van der Waals surface area contributed by atoms with Crippen LogP contribution in [0.1, 0.15) is 24.5 Å². The van der Waals surface area contributed by atoms with E-state index in [1.165, 1.54) is 0 Å². The van der Waals surface area contributed by atoms with Crippen LogP contribution in [0.2, 0.25) is 0 Å². The second-order valence-corrected chi connectivity index (χ2v) is 3.91. The Morgan fingerprint density at radius 2 is 2.53 bits per heavy atom. The van der Waals surface area contributed by atoms with Gasteiger partial charge in [-0.2, -0.15) is 0 Å². The van der Waals surface area contributed by atoms with Crippen molar-refractivity contribution in [3.8, 4) is 0 Å². The maximum absolute atomic E-state index is 5.62. The lowest BCUT2D eigenvalue weighted by Crippen LogP contribution is -2.10. The quantitative estimate of drug-likeness (QED) is 0.792. The number of aromatic nitrogens is 1. The minimum Gasteiger partial charge on any atom is -0.446 e. The Labute approximate surface area is 90.0 Å². The molecule has 15 heavy (non-hydrogen) atoms. The minimum atomic E-state index is 0.320. The van der Waals surface area contributed by atoms with Crippen LogP contribution >= 0.6 is 0 Å². The Balaban J connectivity index is 1.83. The van der Waals surface area contributed by atoms with Gasteiger partial charge in [0.2, 0.25) is 0 Å². The average molecular weight is 210 g/mol. The summed E-state index contributed by atoms with van der Waals surface area (Å²) in [4.78, 5) is 4.26. The normalized spacial score (nSPS) is 21.0. The highest BCUT2D eigenvalue weighted by atomic mass is 16.5. The number of oxazole rings is 1. The van der Waals surface area contributed by atoms with Crippen LogP contribution in [-0.2, 0) is 17.6 Å². The van der Waals surface area contributed by atoms with Crippen molar-refractivity contribution < 1.29 is 9.15 Å². The SMILES string of the molecule is CNCCc1cnc(CC2CCCO2)o1. The van der Waals surface area contributed by atoms with Crippen molar-refractivity contribution in [3.05, 3.63) is 17.8 Å². The molecule has 4 heteroatoms. The van der Waals surface area contributed by atoms with Gasteiger partial charge in [-0.15, -0.1) is 0 Å². The predicted octanol–water partition coefficient (Wildman–Crippen LogP) is 1.16. The van der Waals surface area contributed by atoms with E-state index in [1.807, 2.05) is 13.2 Å². The van der Waals surface area contributed by atoms with Crippen molar-refractivity contribution in [2.45, 2.75) is 31.8 Å². The molecular weight excluding hydrogens is 192 g/mol. The van der Waals surface area contributed by atoms with Crippen LogP contribution in [0.4, 0.5) is 0 Å². The Morgan fingerprint density at radius 3 is 3.27 bits per heavy atom. The number of rotatable bonds is 5. The fourth-order valence-corrected chi connectivity index (χ4v) is 1.81. The van der Waals surface area contributed by atoms with Gasteiger partial charge in [-0.05, 0) is 19.9 Å². The molecule has 84 valence electrons. The fraction of sp³-hybridized carbons (Fsp3) is 0.727. The molecule has 0 saturated carbocycles. The molecule has 1 atom stereocenters. The third kappa shape index (κ3) is 3.04. The van der Waals surface area contributed by atoms with Gasteiger partial charge in [-0.3, -0.25) is 0 Å². The standard InChI is InChI=1S/C11H18N2O2/c1-12-5-4-10-8-13-11(15-10)7-9-3-2-6-14-9/h8-9,12H,2-7H2,1H3. The summed E-state index contributed by atoms with van der Waals surface area (Å²) in [7, 11) is 1.93. The van der Waals surface area contributed by atoms with Crippen LogP contribution < -0.4 is 5.32 Å². The van der Waals surface area contributed by atoms with Crippen molar-refractivity contribution >= 4 is 0 Å². The molecule has 0 aromatic carbocycles. The van der Waals surface area contributed by atoms with E-state index in [-0.39, 0.29) is 0 Å². The highest BCUT2D eigenvalue weighted by Gasteiger charge is 2.18. The maximum atomic E-state index is 5.62. The van der Waals surface area contributed by atoms with E-state index >= 15 is 0 Å². The van der Waals surface area contributed by atoms with Crippen LogP contribution in [0.5, 0.6) is 0 Å². The Hall–Kier alpha value is -0.870. The summed E-state index contributed by atoms with van der Waals surface area (Å²) in [6, 6.07) is 0. The van der Waals surface area contributed by atoms with Gasteiger partial charge in [0.1, 0.15) is 5.76 Å². The maximum Gasteiger partial charge on any atom is 0.196 e. The van der Waals surface area contributed by atoms with Gasteiger partial charge in [-0.25, -0.2) is 4.98 Å². The van der Waals surface area contributed by atoms with E-state index in [2.05, 4.69) is 10.3 Å².